The van der Waals surface area contributed by atoms with Crippen LogP contribution >= 0.6 is 11.8 Å². The van der Waals surface area contributed by atoms with Crippen LogP contribution in [0.5, 0.6) is 0 Å². The Balaban J connectivity index is 2.01. The highest BCUT2D eigenvalue weighted by molar-refractivity contribution is 7.99. The summed E-state index contributed by atoms with van der Waals surface area (Å²) < 4.78 is 1.83. The molecule has 1 aromatic heterocycles. The van der Waals surface area contributed by atoms with E-state index in [1.165, 1.54) is 4.90 Å². The Hall–Kier alpha value is -1.33. The second kappa shape index (κ2) is 6.56. The zero-order valence-electron chi connectivity index (χ0n) is 10.7. The van der Waals surface area contributed by atoms with Gasteiger partial charge in [0.15, 0.2) is 0 Å². The average Bonchev–Trinajstić information content (AvgIpc) is 2.82. The van der Waals surface area contributed by atoms with Gasteiger partial charge in [-0.15, -0.1) is 16.9 Å². The van der Waals surface area contributed by atoms with Crippen molar-refractivity contribution in [3.05, 3.63) is 42.2 Å². The van der Waals surface area contributed by atoms with Crippen LogP contribution in [0.15, 0.2) is 41.4 Å². The fourth-order valence-electron chi connectivity index (χ4n) is 1.80. The molecular formula is C13H18N4S. The van der Waals surface area contributed by atoms with E-state index >= 15 is 0 Å². The van der Waals surface area contributed by atoms with Gasteiger partial charge >= 0.3 is 0 Å². The molecule has 5 heteroatoms. The van der Waals surface area contributed by atoms with Crippen LogP contribution in [-0.4, -0.2) is 27.3 Å². The molecule has 1 atom stereocenters. The number of nitrogens with zero attached hydrogens (tertiary/aromatic N) is 3. The van der Waals surface area contributed by atoms with E-state index in [-0.39, 0.29) is 6.04 Å². The van der Waals surface area contributed by atoms with E-state index in [0.29, 0.717) is 0 Å². The number of thioether (sulfide) groups is 1. The minimum Gasteiger partial charge on any atom is -0.308 e. The van der Waals surface area contributed by atoms with Gasteiger partial charge in [-0.1, -0.05) is 30.3 Å². The van der Waals surface area contributed by atoms with Crippen LogP contribution in [0.2, 0.25) is 0 Å². The van der Waals surface area contributed by atoms with E-state index in [1.807, 2.05) is 35.8 Å². The molecule has 0 aliphatic rings. The number of benzene rings is 1. The van der Waals surface area contributed by atoms with Gasteiger partial charge in [0.05, 0.1) is 17.9 Å². The molecule has 4 nitrogen and oxygen atoms in total. The maximum atomic E-state index is 3.99. The predicted molar refractivity (Wildman–Crippen MR) is 74.6 cm³/mol. The molecule has 1 aromatic carbocycles. The molecule has 2 rings (SSSR count). The maximum Gasteiger partial charge on any atom is 0.0761 e. The Bertz CT molecular complexity index is 469. The lowest BCUT2D eigenvalue weighted by Gasteiger charge is -2.17. The van der Waals surface area contributed by atoms with Gasteiger partial charge in [-0.2, -0.15) is 0 Å². The van der Waals surface area contributed by atoms with Crippen molar-refractivity contribution in [2.24, 2.45) is 7.05 Å². The van der Waals surface area contributed by atoms with Gasteiger partial charge in [-0.3, -0.25) is 4.68 Å². The third-order valence-electron chi connectivity index (χ3n) is 2.72. The van der Waals surface area contributed by atoms with Crippen LogP contribution in [0.3, 0.4) is 0 Å². The normalized spacial score (nSPS) is 12.6. The number of hydrogen-bond acceptors (Lipinski definition) is 4. The lowest BCUT2D eigenvalue weighted by molar-refractivity contribution is 0.549. The Morgan fingerprint density at radius 1 is 1.33 bits per heavy atom. The molecule has 1 unspecified atom stereocenters. The molecule has 0 saturated carbocycles. The number of nitrogens with one attached hydrogen (secondary N) is 1. The quantitative estimate of drug-likeness (QED) is 0.811. The first kappa shape index (κ1) is 13.1. The summed E-state index contributed by atoms with van der Waals surface area (Å²) in [6.07, 6.45) is 1.83. The molecule has 0 amide bonds. The third kappa shape index (κ3) is 3.34. The van der Waals surface area contributed by atoms with Gasteiger partial charge in [0.1, 0.15) is 0 Å². The van der Waals surface area contributed by atoms with E-state index in [4.69, 9.17) is 0 Å². The Kier molecular flexibility index (Phi) is 4.78. The van der Waals surface area contributed by atoms with Crippen molar-refractivity contribution < 1.29 is 0 Å². The van der Waals surface area contributed by atoms with Crippen molar-refractivity contribution >= 4 is 11.8 Å². The summed E-state index contributed by atoms with van der Waals surface area (Å²) in [7, 11) is 1.93. The van der Waals surface area contributed by atoms with Gasteiger partial charge in [-0.05, 0) is 18.7 Å². The van der Waals surface area contributed by atoms with Crippen molar-refractivity contribution in [3.63, 3.8) is 0 Å². The molecule has 1 N–H and O–H groups in total. The van der Waals surface area contributed by atoms with E-state index < -0.39 is 0 Å². The largest absolute Gasteiger partial charge is 0.308 e. The second-order valence-corrected chi connectivity index (χ2v) is 5.11. The summed E-state index contributed by atoms with van der Waals surface area (Å²) in [5.41, 5.74) is 1.13. The van der Waals surface area contributed by atoms with E-state index in [9.17, 15) is 0 Å². The van der Waals surface area contributed by atoms with Crippen LogP contribution in [0, 0.1) is 0 Å². The lowest BCUT2D eigenvalue weighted by atomic mass is 10.2. The minimum atomic E-state index is 0.278. The third-order valence-corrected chi connectivity index (χ3v) is 3.82. The van der Waals surface area contributed by atoms with Crippen LogP contribution in [-0.2, 0) is 7.05 Å². The summed E-state index contributed by atoms with van der Waals surface area (Å²) in [6, 6.07) is 10.7. The van der Waals surface area contributed by atoms with Crippen LogP contribution in [0.25, 0.3) is 0 Å². The summed E-state index contributed by atoms with van der Waals surface area (Å²) in [5.74, 6) is 0.971. The Labute approximate surface area is 112 Å². The molecule has 0 radical (unpaired) electrons. The first-order chi connectivity index (χ1) is 8.81. The van der Waals surface area contributed by atoms with Crippen LogP contribution in [0.1, 0.15) is 18.7 Å². The van der Waals surface area contributed by atoms with Gasteiger partial charge in [-0.25, -0.2) is 0 Å². The number of aromatic nitrogens is 3. The molecule has 18 heavy (non-hydrogen) atoms. The Morgan fingerprint density at radius 3 is 2.72 bits per heavy atom. The lowest BCUT2D eigenvalue weighted by Crippen LogP contribution is -2.25. The predicted octanol–water partition coefficient (Wildman–Crippen LogP) is 2.26. The fourth-order valence-corrected chi connectivity index (χ4v) is 2.80. The standard InChI is InChI=1S/C13H18N4S/c1-3-14-12(13-9-15-16-17(13)2)10-18-11-7-5-4-6-8-11/h4-9,12,14H,3,10H2,1-2H3. The Morgan fingerprint density at radius 2 is 2.11 bits per heavy atom. The van der Waals surface area contributed by atoms with Crippen molar-refractivity contribution in [1.29, 1.82) is 0 Å². The van der Waals surface area contributed by atoms with Crippen LogP contribution in [0.4, 0.5) is 0 Å². The topological polar surface area (TPSA) is 42.7 Å². The first-order valence-electron chi connectivity index (χ1n) is 6.07. The smallest absolute Gasteiger partial charge is 0.0761 e. The van der Waals surface area contributed by atoms with Gasteiger partial charge in [0.2, 0.25) is 0 Å². The number of rotatable bonds is 6. The summed E-state index contributed by atoms with van der Waals surface area (Å²) in [6.45, 7) is 3.05. The minimum absolute atomic E-state index is 0.278. The second-order valence-electron chi connectivity index (χ2n) is 4.02. The molecule has 0 aliphatic heterocycles. The molecule has 0 fully saturated rings. The molecule has 96 valence electrons. The van der Waals surface area contributed by atoms with Crippen molar-refractivity contribution in [3.8, 4) is 0 Å². The molecule has 0 saturated heterocycles. The fraction of sp³-hybridized carbons (Fsp3) is 0.385. The van der Waals surface area contributed by atoms with Gasteiger partial charge in [0, 0.05) is 17.7 Å². The molecular weight excluding hydrogens is 244 g/mol. The SMILES string of the molecule is CCNC(CSc1ccccc1)c1cnnn1C. The van der Waals surface area contributed by atoms with Crippen molar-refractivity contribution in [1.82, 2.24) is 20.3 Å². The average molecular weight is 262 g/mol. The molecule has 1 heterocycles. The highest BCUT2D eigenvalue weighted by Gasteiger charge is 2.14. The zero-order valence-corrected chi connectivity index (χ0v) is 11.5. The van der Waals surface area contributed by atoms with E-state index in [2.05, 4.69) is 46.8 Å². The summed E-state index contributed by atoms with van der Waals surface area (Å²) >= 11 is 1.84. The number of hydrogen-bond donors (Lipinski definition) is 1. The summed E-state index contributed by atoms with van der Waals surface area (Å²) in [5, 5.41) is 11.4. The zero-order chi connectivity index (χ0) is 12.8. The molecule has 2 aromatic rings. The van der Waals surface area contributed by atoms with E-state index in [0.717, 1.165) is 18.0 Å². The molecule has 0 spiro atoms. The van der Waals surface area contributed by atoms with Crippen LogP contribution < -0.4 is 5.32 Å². The first-order valence-corrected chi connectivity index (χ1v) is 7.05. The highest BCUT2D eigenvalue weighted by atomic mass is 32.2. The molecule has 0 aliphatic carbocycles. The molecule has 0 bridgehead atoms. The highest BCUT2D eigenvalue weighted by Crippen LogP contribution is 2.23. The summed E-state index contributed by atoms with van der Waals surface area (Å²) in [4.78, 5) is 1.29. The number of aryl methyl sites for hydroxylation is 1. The monoisotopic (exact) mass is 262 g/mol. The van der Waals surface area contributed by atoms with Gasteiger partial charge in [0.25, 0.3) is 0 Å². The van der Waals surface area contributed by atoms with Gasteiger partial charge < -0.3 is 5.32 Å². The van der Waals surface area contributed by atoms with Crippen molar-refractivity contribution in [2.45, 2.75) is 17.9 Å². The maximum absolute atomic E-state index is 3.99. The van der Waals surface area contributed by atoms with Crippen molar-refractivity contribution in [2.75, 3.05) is 12.3 Å². The van der Waals surface area contributed by atoms with E-state index in [1.54, 1.807) is 0 Å².